The molecule has 0 aromatic rings. The van der Waals surface area contributed by atoms with Crippen molar-refractivity contribution in [3.63, 3.8) is 0 Å². The molecule has 1 saturated heterocycles. The third-order valence-electron chi connectivity index (χ3n) is 3.21. The van der Waals surface area contributed by atoms with Gasteiger partial charge in [0.25, 0.3) is 0 Å². The Labute approximate surface area is 97.1 Å². The highest BCUT2D eigenvalue weighted by atomic mass is 35.5. The van der Waals surface area contributed by atoms with E-state index in [1.807, 2.05) is 0 Å². The summed E-state index contributed by atoms with van der Waals surface area (Å²) in [6.07, 6.45) is 6.28. The first kappa shape index (κ1) is 12.5. The van der Waals surface area contributed by atoms with Gasteiger partial charge >= 0.3 is 0 Å². The zero-order valence-electron chi connectivity index (χ0n) is 9.03. The van der Waals surface area contributed by atoms with Gasteiger partial charge in [-0.25, -0.2) is 0 Å². The number of carbonyl (C=O) groups excluding carboxylic acids is 1. The van der Waals surface area contributed by atoms with E-state index in [-0.39, 0.29) is 24.2 Å². The van der Waals surface area contributed by atoms with Crippen molar-refractivity contribution in [3.8, 4) is 0 Å². The lowest BCUT2D eigenvalue weighted by Crippen LogP contribution is -2.39. The van der Waals surface area contributed by atoms with Crippen LogP contribution in [0, 0.1) is 11.8 Å². The van der Waals surface area contributed by atoms with Crippen molar-refractivity contribution in [1.29, 1.82) is 0 Å². The Hall–Kier alpha value is -0.540. The maximum Gasteiger partial charge on any atom is 0.224 e. The molecule has 0 unspecified atom stereocenters. The van der Waals surface area contributed by atoms with Gasteiger partial charge in [0.15, 0.2) is 0 Å². The summed E-state index contributed by atoms with van der Waals surface area (Å²) in [6.45, 7) is 3.95. The zero-order valence-corrected chi connectivity index (χ0v) is 9.85. The first-order valence-electron chi connectivity index (χ1n) is 5.43. The van der Waals surface area contributed by atoms with Gasteiger partial charge in [0.2, 0.25) is 5.91 Å². The average Bonchev–Trinajstić information content (AvgIpc) is 2.75. The van der Waals surface area contributed by atoms with Crippen LogP contribution < -0.4 is 10.6 Å². The molecule has 1 aliphatic heterocycles. The van der Waals surface area contributed by atoms with Crippen LogP contribution in [0.15, 0.2) is 12.2 Å². The van der Waals surface area contributed by atoms with E-state index >= 15 is 0 Å². The Morgan fingerprint density at radius 2 is 2.00 bits per heavy atom. The molecule has 2 atom stereocenters. The molecule has 2 N–H and O–H groups in total. The molecule has 0 bridgehead atoms. The molecule has 0 aromatic heterocycles. The predicted molar refractivity (Wildman–Crippen MR) is 63.1 cm³/mol. The first-order valence-corrected chi connectivity index (χ1v) is 5.43. The molecule has 15 heavy (non-hydrogen) atoms. The highest BCUT2D eigenvalue weighted by molar-refractivity contribution is 5.85. The molecule has 2 rings (SSSR count). The fourth-order valence-corrected chi connectivity index (χ4v) is 2.20. The number of hydrogen-bond acceptors (Lipinski definition) is 2. The van der Waals surface area contributed by atoms with E-state index in [4.69, 9.17) is 0 Å². The fraction of sp³-hybridized carbons (Fsp3) is 0.727. The number of hydrogen-bond donors (Lipinski definition) is 2. The van der Waals surface area contributed by atoms with Crippen molar-refractivity contribution in [3.05, 3.63) is 12.2 Å². The molecule has 0 aromatic carbocycles. The minimum atomic E-state index is 0. The molecule has 4 heteroatoms. The highest BCUT2D eigenvalue weighted by Gasteiger charge is 2.30. The third kappa shape index (κ3) is 2.95. The molecule has 1 heterocycles. The molecule has 2 aliphatic rings. The van der Waals surface area contributed by atoms with Crippen LogP contribution in [-0.4, -0.2) is 25.0 Å². The normalized spacial score (nSPS) is 30.2. The van der Waals surface area contributed by atoms with Gasteiger partial charge in [0.1, 0.15) is 0 Å². The molecule has 0 radical (unpaired) electrons. The van der Waals surface area contributed by atoms with Gasteiger partial charge in [-0.15, -0.1) is 12.4 Å². The minimum absolute atomic E-state index is 0. The number of rotatable bonds is 2. The molecular weight excluding hydrogens is 212 g/mol. The van der Waals surface area contributed by atoms with Crippen molar-refractivity contribution in [1.82, 2.24) is 10.6 Å². The Bertz CT molecular complexity index is 247. The number of halogens is 1. The van der Waals surface area contributed by atoms with Gasteiger partial charge in [-0.2, -0.15) is 0 Å². The third-order valence-corrected chi connectivity index (χ3v) is 3.21. The summed E-state index contributed by atoms with van der Waals surface area (Å²) in [4.78, 5) is 11.8. The van der Waals surface area contributed by atoms with Crippen LogP contribution in [0.2, 0.25) is 0 Å². The number of carbonyl (C=O) groups is 1. The molecule has 1 fully saturated rings. The summed E-state index contributed by atoms with van der Waals surface area (Å²) in [6, 6.07) is 0.357. The monoisotopic (exact) mass is 230 g/mol. The Morgan fingerprint density at radius 3 is 2.53 bits per heavy atom. The van der Waals surface area contributed by atoms with E-state index < -0.39 is 0 Å². The standard InChI is InChI=1S/C11H18N2O.ClH/c1-8-6-12-7-10(8)11(14)13-9-4-2-3-5-9;/h2-3,8-10,12H,4-7H2,1H3,(H,13,14);1H/t8-,10-;/m1./s1. The SMILES string of the molecule is C[C@@H]1CNC[C@H]1C(=O)NC1CC=CC1.Cl. The second kappa shape index (κ2) is 5.52. The van der Waals surface area contributed by atoms with Gasteiger partial charge in [-0.1, -0.05) is 19.1 Å². The van der Waals surface area contributed by atoms with Crippen LogP contribution in [0.5, 0.6) is 0 Å². The lowest BCUT2D eigenvalue weighted by molar-refractivity contribution is -0.126. The van der Waals surface area contributed by atoms with Crippen molar-refractivity contribution in [2.24, 2.45) is 11.8 Å². The zero-order chi connectivity index (χ0) is 9.97. The molecule has 86 valence electrons. The van der Waals surface area contributed by atoms with Gasteiger partial charge in [0, 0.05) is 12.6 Å². The lowest BCUT2D eigenvalue weighted by Gasteiger charge is -2.18. The maximum atomic E-state index is 11.8. The molecular formula is C11H19ClN2O. The van der Waals surface area contributed by atoms with Crippen molar-refractivity contribution in [2.45, 2.75) is 25.8 Å². The van der Waals surface area contributed by atoms with Gasteiger partial charge in [0.05, 0.1) is 5.92 Å². The highest BCUT2D eigenvalue weighted by Crippen LogP contribution is 2.17. The van der Waals surface area contributed by atoms with Crippen LogP contribution >= 0.6 is 12.4 Å². The Morgan fingerprint density at radius 1 is 1.33 bits per heavy atom. The maximum absolute atomic E-state index is 11.8. The molecule has 0 spiro atoms. The molecule has 1 amide bonds. The summed E-state index contributed by atoms with van der Waals surface area (Å²) in [7, 11) is 0. The summed E-state index contributed by atoms with van der Waals surface area (Å²) in [5.74, 6) is 0.885. The van der Waals surface area contributed by atoms with Crippen LogP contribution in [0.4, 0.5) is 0 Å². The Kier molecular flexibility index (Phi) is 4.61. The van der Waals surface area contributed by atoms with Crippen molar-refractivity contribution in [2.75, 3.05) is 13.1 Å². The van der Waals surface area contributed by atoms with Crippen LogP contribution in [0.25, 0.3) is 0 Å². The van der Waals surface area contributed by atoms with E-state index in [9.17, 15) is 4.79 Å². The summed E-state index contributed by atoms with van der Waals surface area (Å²) >= 11 is 0. The van der Waals surface area contributed by atoms with Crippen LogP contribution in [0.1, 0.15) is 19.8 Å². The van der Waals surface area contributed by atoms with Gasteiger partial charge < -0.3 is 10.6 Å². The van der Waals surface area contributed by atoms with E-state index in [1.54, 1.807) is 0 Å². The fourth-order valence-electron chi connectivity index (χ4n) is 2.20. The van der Waals surface area contributed by atoms with E-state index in [2.05, 4.69) is 29.7 Å². The predicted octanol–water partition coefficient (Wildman–Crippen LogP) is 1.10. The summed E-state index contributed by atoms with van der Waals surface area (Å²) < 4.78 is 0. The van der Waals surface area contributed by atoms with Crippen molar-refractivity contribution < 1.29 is 4.79 Å². The van der Waals surface area contributed by atoms with E-state index in [0.29, 0.717) is 12.0 Å². The van der Waals surface area contributed by atoms with Gasteiger partial charge in [-0.05, 0) is 25.3 Å². The van der Waals surface area contributed by atoms with E-state index in [0.717, 1.165) is 25.9 Å². The molecule has 1 aliphatic carbocycles. The first-order chi connectivity index (χ1) is 6.77. The second-order valence-electron chi connectivity index (χ2n) is 4.39. The smallest absolute Gasteiger partial charge is 0.224 e. The number of amides is 1. The Balaban J connectivity index is 0.00000112. The molecule has 3 nitrogen and oxygen atoms in total. The average molecular weight is 231 g/mol. The minimum Gasteiger partial charge on any atom is -0.352 e. The summed E-state index contributed by atoms with van der Waals surface area (Å²) in [5, 5.41) is 6.36. The van der Waals surface area contributed by atoms with Crippen LogP contribution in [-0.2, 0) is 4.79 Å². The van der Waals surface area contributed by atoms with Crippen molar-refractivity contribution >= 4 is 18.3 Å². The number of nitrogens with one attached hydrogen (secondary N) is 2. The van der Waals surface area contributed by atoms with Crippen LogP contribution in [0.3, 0.4) is 0 Å². The topological polar surface area (TPSA) is 41.1 Å². The lowest BCUT2D eigenvalue weighted by atomic mass is 9.97. The van der Waals surface area contributed by atoms with E-state index in [1.165, 1.54) is 0 Å². The molecule has 0 saturated carbocycles. The van der Waals surface area contributed by atoms with Gasteiger partial charge in [-0.3, -0.25) is 4.79 Å². The summed E-state index contributed by atoms with van der Waals surface area (Å²) in [5.41, 5.74) is 0. The largest absolute Gasteiger partial charge is 0.352 e. The second-order valence-corrected chi connectivity index (χ2v) is 4.39. The quantitative estimate of drug-likeness (QED) is 0.698.